The van der Waals surface area contributed by atoms with E-state index < -0.39 is 20.0 Å². The number of hydrogen-bond donors (Lipinski definition) is 4. The van der Waals surface area contributed by atoms with Crippen molar-refractivity contribution in [1.82, 2.24) is 5.32 Å². The minimum atomic E-state index is -4.36. The molecule has 0 saturated heterocycles. The fraction of sp³-hybridized carbons (Fsp3) is 0.698. The molecule has 0 rings (SSSR count). The van der Waals surface area contributed by atoms with Crippen molar-refractivity contribution in [2.45, 2.75) is 154 Å². The first-order valence-electron chi connectivity index (χ1n) is 20.4. The Balaban J connectivity index is 4.67. The molecule has 0 radical (unpaired) electrons. The molecule has 0 aliphatic heterocycles. The van der Waals surface area contributed by atoms with Crippen molar-refractivity contribution in [3.05, 3.63) is 72.9 Å². The molecule has 306 valence electrons. The summed E-state index contributed by atoms with van der Waals surface area (Å²) in [5.41, 5.74) is 0. The van der Waals surface area contributed by atoms with E-state index in [9.17, 15) is 24.5 Å². The minimum Gasteiger partial charge on any atom is -0.389 e. The van der Waals surface area contributed by atoms with Gasteiger partial charge in [-0.1, -0.05) is 138 Å². The predicted octanol–water partition coefficient (Wildman–Crippen LogP) is 9.82. The van der Waals surface area contributed by atoms with E-state index >= 15 is 0 Å². The highest BCUT2D eigenvalue weighted by Crippen LogP contribution is 2.43. The lowest BCUT2D eigenvalue weighted by atomic mass is 10.1. The molecule has 1 amide bonds. The topological polar surface area (TPSA) is 125 Å². The summed E-state index contributed by atoms with van der Waals surface area (Å²) in [7, 11) is 1.49. The number of unbranched alkanes of at least 4 members (excludes halogenated alkanes) is 11. The van der Waals surface area contributed by atoms with Crippen LogP contribution in [0.1, 0.15) is 136 Å². The number of amides is 1. The lowest BCUT2D eigenvalue weighted by Gasteiger charge is -2.25. The largest absolute Gasteiger partial charge is 0.472 e. The molecule has 0 aromatic carbocycles. The van der Waals surface area contributed by atoms with Crippen molar-refractivity contribution in [1.29, 1.82) is 0 Å². The molecule has 10 heteroatoms. The number of nitrogens with zero attached hydrogens (tertiary/aromatic N) is 1. The second kappa shape index (κ2) is 34.4. The molecule has 9 nitrogen and oxygen atoms in total. The number of rotatable bonds is 35. The van der Waals surface area contributed by atoms with E-state index in [1.54, 1.807) is 6.08 Å². The summed E-state index contributed by atoms with van der Waals surface area (Å²) in [6, 6.07) is -0.895. The summed E-state index contributed by atoms with van der Waals surface area (Å²) < 4.78 is 23.4. The van der Waals surface area contributed by atoms with Crippen LogP contribution in [0.5, 0.6) is 0 Å². The predicted molar refractivity (Wildman–Crippen MR) is 222 cm³/mol. The molecule has 0 heterocycles. The Hall–Kier alpha value is -2.10. The molecule has 0 bridgehead atoms. The van der Waals surface area contributed by atoms with Crippen LogP contribution in [0.2, 0.25) is 0 Å². The summed E-state index contributed by atoms with van der Waals surface area (Å²) >= 11 is 0. The van der Waals surface area contributed by atoms with Gasteiger partial charge >= 0.3 is 7.82 Å². The third-order valence-corrected chi connectivity index (χ3v) is 9.46. The van der Waals surface area contributed by atoms with Crippen LogP contribution in [-0.2, 0) is 18.4 Å². The van der Waals surface area contributed by atoms with E-state index in [4.69, 9.17) is 9.05 Å². The first-order chi connectivity index (χ1) is 25.4. The van der Waals surface area contributed by atoms with Gasteiger partial charge in [0.25, 0.3) is 0 Å². The number of likely N-dealkylation sites (N-methyl/N-ethyl adjacent to an activating group) is 1. The number of hydrogen-bond acceptors (Lipinski definition) is 6. The van der Waals surface area contributed by atoms with Gasteiger partial charge in [0.1, 0.15) is 13.2 Å². The number of allylic oxidation sites excluding steroid dienone is 10. The highest BCUT2D eigenvalue weighted by atomic mass is 31.2. The van der Waals surface area contributed by atoms with Crippen molar-refractivity contribution < 1.29 is 38.0 Å². The summed E-state index contributed by atoms with van der Waals surface area (Å²) in [4.78, 5) is 23.0. The van der Waals surface area contributed by atoms with Gasteiger partial charge in [-0.2, -0.15) is 0 Å². The van der Waals surface area contributed by atoms with Gasteiger partial charge in [0.05, 0.1) is 46.0 Å². The molecule has 0 aromatic rings. The molecule has 0 aromatic heterocycles. The maximum Gasteiger partial charge on any atom is 0.472 e. The van der Waals surface area contributed by atoms with Crippen LogP contribution in [0.4, 0.5) is 0 Å². The Labute approximate surface area is 324 Å². The zero-order valence-electron chi connectivity index (χ0n) is 34.1. The number of phosphoric ester groups is 1. The Bertz CT molecular complexity index is 1110. The van der Waals surface area contributed by atoms with Crippen molar-refractivity contribution in [2.24, 2.45) is 0 Å². The summed E-state index contributed by atoms with van der Waals surface area (Å²) in [5, 5.41) is 23.6. The third kappa shape index (κ3) is 36.6. The van der Waals surface area contributed by atoms with Crippen molar-refractivity contribution in [2.75, 3.05) is 40.9 Å². The van der Waals surface area contributed by atoms with Gasteiger partial charge in [-0.15, -0.1) is 0 Å². The molecule has 0 fully saturated rings. The lowest BCUT2D eigenvalue weighted by Crippen LogP contribution is -2.45. The van der Waals surface area contributed by atoms with Crippen LogP contribution >= 0.6 is 7.82 Å². The summed E-state index contributed by atoms with van der Waals surface area (Å²) in [5.74, 6) is -0.256. The SMILES string of the molecule is CCC/C=C\CCCCCCCC/C=C/[C@@H](O)[C@H](COP(=O)(O)OCC[N+](C)(C)C)NC(=O)CCC/C=C\C/C=C\C/C=C\C=C\[C@@H](O)CCCCC. The normalized spacial score (nSPS) is 15.8. The zero-order chi connectivity index (χ0) is 39.5. The van der Waals surface area contributed by atoms with Gasteiger partial charge in [0.2, 0.25) is 5.91 Å². The van der Waals surface area contributed by atoms with Gasteiger partial charge in [-0.3, -0.25) is 13.8 Å². The van der Waals surface area contributed by atoms with Crippen LogP contribution in [0.25, 0.3) is 0 Å². The average molecular weight is 766 g/mol. The van der Waals surface area contributed by atoms with Gasteiger partial charge in [0.15, 0.2) is 0 Å². The van der Waals surface area contributed by atoms with Crippen LogP contribution in [0.3, 0.4) is 0 Å². The van der Waals surface area contributed by atoms with Gasteiger partial charge in [0, 0.05) is 6.42 Å². The highest BCUT2D eigenvalue weighted by molar-refractivity contribution is 7.47. The average Bonchev–Trinajstić information content (AvgIpc) is 3.10. The summed E-state index contributed by atoms with van der Waals surface area (Å²) in [6.45, 7) is 4.54. The monoisotopic (exact) mass is 766 g/mol. The molecule has 0 spiro atoms. The number of carbonyl (C=O) groups is 1. The standard InChI is InChI=1S/C43H77N2O7P/c1-6-8-10-11-12-13-14-15-18-21-24-27-31-35-42(47)41(39-52-53(49,50)51-38-37-45(3,4)5)44-43(48)36-32-28-25-22-19-16-17-20-23-26-30-34-40(46)33-29-9-7-2/h10-11,16-17,22-23,25-26,30-31,34-35,40-42,46-47H,6-9,12-15,18-21,24,27-29,32-33,36-39H2,1-5H3,(H-,44,48,49,50)/p+1/b11-10-,17-16-,25-22-,26-23-,34-30+,35-31+/t40-,41-,42+/m0/s1. The van der Waals surface area contributed by atoms with E-state index in [1.807, 2.05) is 45.4 Å². The van der Waals surface area contributed by atoms with E-state index in [0.717, 1.165) is 70.6 Å². The molecular weight excluding hydrogens is 687 g/mol. The van der Waals surface area contributed by atoms with E-state index in [1.165, 1.54) is 38.5 Å². The molecule has 0 saturated carbocycles. The Kier molecular flexibility index (Phi) is 33.0. The number of quaternary nitrogens is 1. The Morgan fingerprint density at radius 3 is 1.98 bits per heavy atom. The molecule has 53 heavy (non-hydrogen) atoms. The highest BCUT2D eigenvalue weighted by Gasteiger charge is 2.27. The molecule has 0 aliphatic carbocycles. The Morgan fingerprint density at radius 1 is 0.698 bits per heavy atom. The van der Waals surface area contributed by atoms with E-state index in [2.05, 4.69) is 61.7 Å². The van der Waals surface area contributed by atoms with Crippen LogP contribution in [-0.4, -0.2) is 84.6 Å². The second-order valence-corrected chi connectivity index (χ2v) is 16.3. The zero-order valence-corrected chi connectivity index (χ0v) is 35.0. The number of aliphatic hydroxyl groups excluding tert-OH is 2. The van der Waals surface area contributed by atoms with Crippen LogP contribution in [0.15, 0.2) is 72.9 Å². The fourth-order valence-corrected chi connectivity index (χ4v) is 5.88. The van der Waals surface area contributed by atoms with Crippen molar-refractivity contribution >= 4 is 13.7 Å². The maximum atomic E-state index is 12.8. The van der Waals surface area contributed by atoms with Crippen molar-refractivity contribution in [3.63, 3.8) is 0 Å². The van der Waals surface area contributed by atoms with Gasteiger partial charge in [-0.25, -0.2) is 4.57 Å². The second-order valence-electron chi connectivity index (χ2n) is 14.8. The number of nitrogens with one attached hydrogen (secondary N) is 1. The van der Waals surface area contributed by atoms with Gasteiger partial charge < -0.3 is 24.9 Å². The molecule has 0 aliphatic rings. The maximum absolute atomic E-state index is 12.8. The Morgan fingerprint density at radius 2 is 1.30 bits per heavy atom. The van der Waals surface area contributed by atoms with E-state index in [-0.39, 0.29) is 31.6 Å². The number of carbonyl (C=O) groups excluding carboxylic acids is 1. The number of phosphoric acid groups is 1. The van der Waals surface area contributed by atoms with Gasteiger partial charge in [-0.05, 0) is 64.2 Å². The smallest absolute Gasteiger partial charge is 0.389 e. The number of aliphatic hydroxyl groups is 2. The summed E-state index contributed by atoms with van der Waals surface area (Å²) in [6.07, 6.45) is 41.5. The van der Waals surface area contributed by atoms with E-state index in [0.29, 0.717) is 17.4 Å². The minimum absolute atomic E-state index is 0.0375. The first kappa shape index (κ1) is 50.9. The quantitative estimate of drug-likeness (QED) is 0.0166. The molecule has 4 atom stereocenters. The lowest BCUT2D eigenvalue weighted by molar-refractivity contribution is -0.870. The molecule has 4 N–H and O–H groups in total. The third-order valence-electron chi connectivity index (χ3n) is 8.48. The molecular formula is C43H78N2O7P+. The van der Waals surface area contributed by atoms with Crippen LogP contribution < -0.4 is 5.32 Å². The molecule has 1 unspecified atom stereocenters. The van der Waals surface area contributed by atoms with Crippen molar-refractivity contribution in [3.8, 4) is 0 Å². The fourth-order valence-electron chi connectivity index (χ4n) is 5.14. The first-order valence-corrected chi connectivity index (χ1v) is 21.9. The van der Waals surface area contributed by atoms with Crippen LogP contribution in [0, 0.1) is 0 Å².